The van der Waals surface area contributed by atoms with Crippen molar-refractivity contribution in [2.45, 2.75) is 17.2 Å². The normalized spacial score (nSPS) is 10.4. The smallest absolute Gasteiger partial charge is 0.253 e. The van der Waals surface area contributed by atoms with Crippen LogP contribution in [0, 0.1) is 0 Å². The SMILES string of the molecule is COc1ccc(CN(C)C(=O)c2ccc(CSc3ccccc3)cc2)cc1OC. The van der Waals surface area contributed by atoms with Gasteiger partial charge in [-0.15, -0.1) is 11.8 Å². The molecule has 5 heteroatoms. The molecule has 0 saturated carbocycles. The van der Waals surface area contributed by atoms with Gasteiger partial charge in [0.15, 0.2) is 11.5 Å². The molecule has 0 radical (unpaired) electrons. The van der Waals surface area contributed by atoms with E-state index in [9.17, 15) is 4.79 Å². The van der Waals surface area contributed by atoms with Crippen molar-refractivity contribution in [3.63, 3.8) is 0 Å². The van der Waals surface area contributed by atoms with E-state index in [0.717, 1.165) is 11.3 Å². The molecule has 0 atom stereocenters. The van der Waals surface area contributed by atoms with Gasteiger partial charge in [-0.1, -0.05) is 36.4 Å². The van der Waals surface area contributed by atoms with Crippen molar-refractivity contribution in [2.24, 2.45) is 0 Å². The summed E-state index contributed by atoms with van der Waals surface area (Å²) in [5.41, 5.74) is 2.86. The average molecular weight is 408 g/mol. The molecule has 0 spiro atoms. The summed E-state index contributed by atoms with van der Waals surface area (Å²) < 4.78 is 10.6. The van der Waals surface area contributed by atoms with Crippen LogP contribution in [0.1, 0.15) is 21.5 Å². The second-order valence-electron chi connectivity index (χ2n) is 6.65. The van der Waals surface area contributed by atoms with Gasteiger partial charge in [-0.2, -0.15) is 0 Å². The maximum absolute atomic E-state index is 12.8. The zero-order chi connectivity index (χ0) is 20.6. The fourth-order valence-corrected chi connectivity index (χ4v) is 3.85. The van der Waals surface area contributed by atoms with Gasteiger partial charge in [0.2, 0.25) is 0 Å². The number of methoxy groups -OCH3 is 2. The molecule has 0 aromatic heterocycles. The predicted octanol–water partition coefficient (Wildman–Crippen LogP) is 5.27. The van der Waals surface area contributed by atoms with Gasteiger partial charge < -0.3 is 14.4 Å². The number of rotatable bonds is 8. The van der Waals surface area contributed by atoms with E-state index in [1.807, 2.05) is 60.7 Å². The van der Waals surface area contributed by atoms with Crippen LogP contribution in [-0.2, 0) is 12.3 Å². The van der Waals surface area contributed by atoms with Crippen LogP contribution in [-0.4, -0.2) is 32.1 Å². The Kier molecular flexibility index (Phi) is 7.19. The van der Waals surface area contributed by atoms with Gasteiger partial charge in [-0.25, -0.2) is 0 Å². The van der Waals surface area contributed by atoms with Crippen LogP contribution in [0.25, 0.3) is 0 Å². The molecule has 0 aliphatic rings. The van der Waals surface area contributed by atoms with Crippen LogP contribution >= 0.6 is 11.8 Å². The molecule has 0 N–H and O–H groups in total. The molecule has 3 aromatic carbocycles. The molecule has 4 nitrogen and oxygen atoms in total. The van der Waals surface area contributed by atoms with Gasteiger partial charge in [-0.05, 0) is 47.5 Å². The lowest BCUT2D eigenvalue weighted by Gasteiger charge is -2.18. The van der Waals surface area contributed by atoms with E-state index < -0.39 is 0 Å². The lowest BCUT2D eigenvalue weighted by molar-refractivity contribution is 0.0785. The zero-order valence-corrected chi connectivity index (χ0v) is 17.7. The van der Waals surface area contributed by atoms with E-state index in [-0.39, 0.29) is 5.91 Å². The highest BCUT2D eigenvalue weighted by Crippen LogP contribution is 2.28. The topological polar surface area (TPSA) is 38.8 Å². The maximum Gasteiger partial charge on any atom is 0.253 e. The number of amides is 1. The summed E-state index contributed by atoms with van der Waals surface area (Å²) in [5.74, 6) is 2.20. The standard InChI is InChI=1S/C24H25NO3S/c1-25(16-19-11-14-22(27-2)23(15-19)28-3)24(26)20-12-9-18(10-13-20)17-29-21-7-5-4-6-8-21/h4-15H,16-17H2,1-3H3. The van der Waals surface area contributed by atoms with Crippen LogP contribution in [0.5, 0.6) is 11.5 Å². The quantitative estimate of drug-likeness (QED) is 0.477. The minimum Gasteiger partial charge on any atom is -0.493 e. The van der Waals surface area contributed by atoms with Crippen LogP contribution in [0.2, 0.25) is 0 Å². The van der Waals surface area contributed by atoms with E-state index in [1.54, 1.807) is 37.9 Å². The van der Waals surface area contributed by atoms with Gasteiger partial charge in [0.1, 0.15) is 0 Å². The first-order chi connectivity index (χ1) is 14.1. The number of thioether (sulfide) groups is 1. The molecule has 29 heavy (non-hydrogen) atoms. The fourth-order valence-electron chi connectivity index (χ4n) is 2.97. The van der Waals surface area contributed by atoms with E-state index in [2.05, 4.69) is 12.1 Å². The van der Waals surface area contributed by atoms with Crippen molar-refractivity contribution in [2.75, 3.05) is 21.3 Å². The highest BCUT2D eigenvalue weighted by atomic mass is 32.2. The monoisotopic (exact) mass is 407 g/mol. The van der Waals surface area contributed by atoms with Crippen LogP contribution in [0.4, 0.5) is 0 Å². The Morgan fingerprint density at radius 2 is 1.52 bits per heavy atom. The summed E-state index contributed by atoms with van der Waals surface area (Å²) in [6.07, 6.45) is 0. The number of carbonyl (C=O) groups excluding carboxylic acids is 1. The molecule has 0 heterocycles. The van der Waals surface area contributed by atoms with Gasteiger partial charge in [0.25, 0.3) is 5.91 Å². The number of ether oxygens (including phenoxy) is 2. The van der Waals surface area contributed by atoms with Crippen molar-refractivity contribution in [3.8, 4) is 11.5 Å². The Morgan fingerprint density at radius 1 is 0.862 bits per heavy atom. The predicted molar refractivity (Wildman–Crippen MR) is 118 cm³/mol. The maximum atomic E-state index is 12.8. The van der Waals surface area contributed by atoms with Crippen LogP contribution < -0.4 is 9.47 Å². The first-order valence-corrected chi connectivity index (χ1v) is 10.3. The molecule has 0 unspecified atom stereocenters. The number of nitrogens with zero attached hydrogens (tertiary/aromatic N) is 1. The molecular formula is C24H25NO3S. The summed E-state index contributed by atoms with van der Waals surface area (Å²) in [6, 6.07) is 23.8. The molecular weight excluding hydrogens is 382 g/mol. The van der Waals surface area contributed by atoms with Crippen molar-refractivity contribution < 1.29 is 14.3 Å². The minimum absolute atomic E-state index is 0.0120. The molecule has 0 aliphatic heterocycles. The Labute approximate surface area is 176 Å². The summed E-state index contributed by atoms with van der Waals surface area (Å²) in [6.45, 7) is 0.491. The van der Waals surface area contributed by atoms with Gasteiger partial charge >= 0.3 is 0 Å². The lowest BCUT2D eigenvalue weighted by Crippen LogP contribution is -2.26. The first-order valence-electron chi connectivity index (χ1n) is 9.34. The second-order valence-corrected chi connectivity index (χ2v) is 7.70. The summed E-state index contributed by atoms with van der Waals surface area (Å²) in [4.78, 5) is 15.7. The van der Waals surface area contributed by atoms with E-state index >= 15 is 0 Å². The lowest BCUT2D eigenvalue weighted by atomic mass is 10.1. The van der Waals surface area contributed by atoms with Crippen molar-refractivity contribution >= 4 is 17.7 Å². The molecule has 0 saturated heterocycles. The largest absolute Gasteiger partial charge is 0.493 e. The summed E-state index contributed by atoms with van der Waals surface area (Å²) in [7, 11) is 5.02. The number of hydrogen-bond acceptors (Lipinski definition) is 4. The van der Waals surface area contributed by atoms with Crippen LogP contribution in [0.3, 0.4) is 0 Å². The van der Waals surface area contributed by atoms with Crippen LogP contribution in [0.15, 0.2) is 77.7 Å². The molecule has 3 aromatic rings. The summed E-state index contributed by atoms with van der Waals surface area (Å²) >= 11 is 1.78. The second kappa shape index (κ2) is 10.0. The van der Waals surface area contributed by atoms with E-state index in [0.29, 0.717) is 23.6 Å². The third-order valence-corrected chi connectivity index (χ3v) is 5.65. The molecule has 1 amide bonds. The van der Waals surface area contributed by atoms with Gasteiger partial charge in [0, 0.05) is 29.8 Å². The zero-order valence-electron chi connectivity index (χ0n) is 16.9. The number of hydrogen-bond donors (Lipinski definition) is 0. The minimum atomic E-state index is -0.0120. The third kappa shape index (κ3) is 5.55. The highest BCUT2D eigenvalue weighted by molar-refractivity contribution is 7.98. The Balaban J connectivity index is 1.60. The van der Waals surface area contributed by atoms with E-state index in [1.165, 1.54) is 10.5 Å². The van der Waals surface area contributed by atoms with E-state index in [4.69, 9.17) is 9.47 Å². The molecule has 0 fully saturated rings. The van der Waals surface area contributed by atoms with Crippen molar-refractivity contribution in [1.82, 2.24) is 4.90 Å². The number of carbonyl (C=O) groups is 1. The van der Waals surface area contributed by atoms with Gasteiger partial charge in [0.05, 0.1) is 14.2 Å². The Morgan fingerprint density at radius 3 is 2.17 bits per heavy atom. The van der Waals surface area contributed by atoms with Crippen molar-refractivity contribution in [3.05, 3.63) is 89.5 Å². The van der Waals surface area contributed by atoms with Crippen molar-refractivity contribution in [1.29, 1.82) is 0 Å². The molecule has 3 rings (SSSR count). The third-order valence-electron chi connectivity index (χ3n) is 4.56. The van der Waals surface area contributed by atoms with Gasteiger partial charge in [-0.3, -0.25) is 4.79 Å². The first kappa shape index (κ1) is 20.8. The Bertz CT molecular complexity index is 942. The average Bonchev–Trinajstić information content (AvgIpc) is 2.78. The fraction of sp³-hybridized carbons (Fsp3) is 0.208. The molecule has 150 valence electrons. The summed E-state index contributed by atoms with van der Waals surface area (Å²) in [5, 5.41) is 0. The molecule has 0 aliphatic carbocycles. The Hall–Kier alpha value is -2.92. The number of benzene rings is 3. The highest BCUT2D eigenvalue weighted by Gasteiger charge is 2.13. The molecule has 0 bridgehead atoms.